The molecule has 7 nitrogen and oxygen atoms in total. The molecule has 0 spiro atoms. The molecule has 1 heterocycles. The Morgan fingerprint density at radius 3 is 2.59 bits per heavy atom. The van der Waals surface area contributed by atoms with Crippen molar-refractivity contribution in [1.82, 2.24) is 14.9 Å². The fourth-order valence-corrected chi connectivity index (χ4v) is 3.57. The lowest BCUT2D eigenvalue weighted by molar-refractivity contribution is -0.113. The first kappa shape index (κ1) is 20.7. The van der Waals surface area contributed by atoms with E-state index in [1.807, 2.05) is 32.9 Å². The number of ether oxygens (including phenoxy) is 1. The number of nitrogen functional groups attached to an aromatic ring is 1. The molecule has 0 aliphatic carbocycles. The number of amides is 1. The number of benzene rings is 2. The van der Waals surface area contributed by atoms with Crippen LogP contribution in [-0.2, 0) is 11.4 Å². The van der Waals surface area contributed by atoms with Crippen LogP contribution in [0.15, 0.2) is 41.6 Å². The van der Waals surface area contributed by atoms with Gasteiger partial charge >= 0.3 is 0 Å². The van der Waals surface area contributed by atoms with Crippen LogP contribution in [0.5, 0.6) is 5.75 Å². The van der Waals surface area contributed by atoms with Crippen LogP contribution in [0.3, 0.4) is 0 Å². The lowest BCUT2D eigenvalue weighted by Gasteiger charge is -2.12. The van der Waals surface area contributed by atoms with E-state index in [0.717, 1.165) is 34.1 Å². The Bertz CT molecular complexity index is 1010. The van der Waals surface area contributed by atoms with Gasteiger partial charge in [-0.15, -0.1) is 10.2 Å². The van der Waals surface area contributed by atoms with E-state index in [-0.39, 0.29) is 24.0 Å². The summed E-state index contributed by atoms with van der Waals surface area (Å²) in [7, 11) is 0. The van der Waals surface area contributed by atoms with Crippen LogP contribution in [0.4, 0.5) is 10.1 Å². The average molecular weight is 415 g/mol. The summed E-state index contributed by atoms with van der Waals surface area (Å²) in [6.07, 6.45) is 0. The summed E-state index contributed by atoms with van der Waals surface area (Å²) < 4.78 is 20.2. The average Bonchev–Trinajstić information content (AvgIpc) is 3.02. The molecule has 0 radical (unpaired) electrons. The minimum absolute atomic E-state index is 0.0427. The molecule has 0 aliphatic heterocycles. The molecule has 3 N–H and O–H groups in total. The standard InChI is InChI=1S/C20H22FN5O2S/c1-12-8-13(2)19(14(3)9-12)23-18(27)11-29-20-25-24-17(26(20)22)10-28-16-7-5-4-6-15(16)21/h4-9H,10-11,22H2,1-3H3,(H,23,27). The lowest BCUT2D eigenvalue weighted by atomic mass is 10.1. The van der Waals surface area contributed by atoms with Gasteiger partial charge in [-0.25, -0.2) is 9.07 Å². The molecule has 0 bridgehead atoms. The van der Waals surface area contributed by atoms with Gasteiger partial charge in [-0.05, 0) is 44.0 Å². The van der Waals surface area contributed by atoms with Crippen LogP contribution >= 0.6 is 11.8 Å². The van der Waals surface area contributed by atoms with Gasteiger partial charge in [0.25, 0.3) is 0 Å². The van der Waals surface area contributed by atoms with Crippen molar-refractivity contribution in [2.75, 3.05) is 16.9 Å². The van der Waals surface area contributed by atoms with Gasteiger partial charge in [-0.3, -0.25) is 4.79 Å². The molecular formula is C20H22FN5O2S. The number of aromatic nitrogens is 3. The number of nitrogens with two attached hydrogens (primary N) is 1. The summed E-state index contributed by atoms with van der Waals surface area (Å²) in [6.45, 7) is 5.89. The van der Waals surface area contributed by atoms with E-state index in [1.54, 1.807) is 12.1 Å². The number of rotatable bonds is 7. The van der Waals surface area contributed by atoms with Gasteiger partial charge in [-0.1, -0.05) is 41.6 Å². The molecule has 0 unspecified atom stereocenters. The minimum Gasteiger partial charge on any atom is -0.482 e. The summed E-state index contributed by atoms with van der Waals surface area (Å²) in [6, 6.07) is 10.1. The van der Waals surface area contributed by atoms with E-state index in [9.17, 15) is 9.18 Å². The molecule has 29 heavy (non-hydrogen) atoms. The maximum absolute atomic E-state index is 13.6. The molecule has 1 amide bonds. The van der Waals surface area contributed by atoms with Crippen molar-refractivity contribution in [2.24, 2.45) is 0 Å². The maximum Gasteiger partial charge on any atom is 0.234 e. The Balaban J connectivity index is 1.57. The first-order valence-corrected chi connectivity index (χ1v) is 9.91. The molecule has 0 saturated carbocycles. The predicted octanol–water partition coefficient (Wildman–Crippen LogP) is 3.37. The molecule has 0 aliphatic rings. The Morgan fingerprint density at radius 2 is 1.90 bits per heavy atom. The van der Waals surface area contributed by atoms with Crippen molar-refractivity contribution in [3.8, 4) is 5.75 Å². The molecule has 1 aromatic heterocycles. The normalized spacial score (nSPS) is 10.8. The van der Waals surface area contributed by atoms with Crippen LogP contribution in [0, 0.1) is 26.6 Å². The zero-order valence-electron chi connectivity index (χ0n) is 16.4. The molecule has 0 fully saturated rings. The van der Waals surface area contributed by atoms with E-state index in [0.29, 0.717) is 11.0 Å². The minimum atomic E-state index is -0.469. The highest BCUT2D eigenvalue weighted by molar-refractivity contribution is 7.99. The van der Waals surface area contributed by atoms with Crippen LogP contribution < -0.4 is 15.9 Å². The van der Waals surface area contributed by atoms with Crippen LogP contribution in [0.25, 0.3) is 0 Å². The van der Waals surface area contributed by atoms with E-state index in [4.69, 9.17) is 10.6 Å². The van der Waals surface area contributed by atoms with Crippen LogP contribution in [0.1, 0.15) is 22.5 Å². The van der Waals surface area contributed by atoms with Gasteiger partial charge in [0.2, 0.25) is 11.1 Å². The number of carbonyl (C=O) groups is 1. The van der Waals surface area contributed by atoms with Gasteiger partial charge in [0, 0.05) is 5.69 Å². The Morgan fingerprint density at radius 1 is 1.21 bits per heavy atom. The smallest absolute Gasteiger partial charge is 0.234 e. The maximum atomic E-state index is 13.6. The first-order valence-electron chi connectivity index (χ1n) is 8.92. The van der Waals surface area contributed by atoms with Crippen molar-refractivity contribution in [3.05, 3.63) is 64.7 Å². The number of nitrogens with zero attached hydrogens (tertiary/aromatic N) is 3. The van der Waals surface area contributed by atoms with Gasteiger partial charge in [0.15, 0.2) is 17.4 Å². The van der Waals surface area contributed by atoms with Crippen molar-refractivity contribution in [1.29, 1.82) is 0 Å². The van der Waals surface area contributed by atoms with E-state index in [2.05, 4.69) is 15.5 Å². The number of hydrogen-bond acceptors (Lipinski definition) is 6. The summed E-state index contributed by atoms with van der Waals surface area (Å²) in [5.41, 5.74) is 3.98. The highest BCUT2D eigenvalue weighted by atomic mass is 32.2. The summed E-state index contributed by atoms with van der Waals surface area (Å²) in [5.74, 6) is 5.88. The van der Waals surface area contributed by atoms with Crippen LogP contribution in [0.2, 0.25) is 0 Å². The third-order valence-corrected chi connectivity index (χ3v) is 5.15. The molecule has 2 aromatic carbocycles. The van der Waals surface area contributed by atoms with Gasteiger partial charge in [-0.2, -0.15) is 0 Å². The fraction of sp³-hybridized carbons (Fsp3) is 0.250. The second kappa shape index (κ2) is 8.95. The summed E-state index contributed by atoms with van der Waals surface area (Å²) >= 11 is 1.16. The molecule has 0 atom stereocenters. The molecule has 3 aromatic rings. The number of thioether (sulfide) groups is 1. The highest BCUT2D eigenvalue weighted by Gasteiger charge is 2.15. The molecule has 9 heteroatoms. The van der Waals surface area contributed by atoms with Crippen molar-refractivity contribution >= 4 is 23.4 Å². The third-order valence-electron chi connectivity index (χ3n) is 4.20. The van der Waals surface area contributed by atoms with Gasteiger partial charge in [0.05, 0.1) is 5.75 Å². The number of hydrogen-bond donors (Lipinski definition) is 2. The first-order chi connectivity index (χ1) is 13.8. The number of nitrogens with one attached hydrogen (secondary N) is 1. The highest BCUT2D eigenvalue weighted by Crippen LogP contribution is 2.23. The molecular weight excluding hydrogens is 393 g/mol. The van der Waals surface area contributed by atoms with E-state index >= 15 is 0 Å². The summed E-state index contributed by atoms with van der Waals surface area (Å²) in [4.78, 5) is 12.3. The Hall–Kier alpha value is -3.07. The van der Waals surface area contributed by atoms with Crippen molar-refractivity contribution in [3.63, 3.8) is 0 Å². The van der Waals surface area contributed by atoms with Gasteiger partial charge in [0.1, 0.15) is 6.61 Å². The molecule has 3 rings (SSSR count). The quantitative estimate of drug-likeness (QED) is 0.454. The van der Waals surface area contributed by atoms with Gasteiger partial charge < -0.3 is 15.9 Å². The second-order valence-corrected chi connectivity index (χ2v) is 7.54. The number of halogens is 1. The Kier molecular flexibility index (Phi) is 6.38. The molecule has 152 valence electrons. The van der Waals surface area contributed by atoms with Crippen molar-refractivity contribution < 1.29 is 13.9 Å². The van der Waals surface area contributed by atoms with Crippen molar-refractivity contribution in [2.45, 2.75) is 32.5 Å². The second-order valence-electron chi connectivity index (χ2n) is 6.60. The SMILES string of the molecule is Cc1cc(C)c(NC(=O)CSc2nnc(COc3ccccc3F)n2N)c(C)c1. The lowest BCUT2D eigenvalue weighted by Crippen LogP contribution is -2.18. The largest absolute Gasteiger partial charge is 0.482 e. The molecule has 0 saturated heterocycles. The zero-order chi connectivity index (χ0) is 21.0. The zero-order valence-corrected chi connectivity index (χ0v) is 17.2. The van der Waals surface area contributed by atoms with Crippen LogP contribution in [-0.4, -0.2) is 26.5 Å². The third kappa shape index (κ3) is 5.05. The number of carbonyl (C=O) groups excluding carboxylic acids is 1. The topological polar surface area (TPSA) is 95.1 Å². The number of para-hydroxylation sites is 1. The van der Waals surface area contributed by atoms with E-state index < -0.39 is 5.82 Å². The summed E-state index contributed by atoms with van der Waals surface area (Å²) in [5, 5.41) is 11.2. The predicted molar refractivity (Wildman–Crippen MR) is 111 cm³/mol. The fourth-order valence-electron chi connectivity index (χ4n) is 2.89. The Labute approximate surface area is 172 Å². The number of aryl methyl sites for hydroxylation is 3. The van der Waals surface area contributed by atoms with E-state index in [1.165, 1.54) is 16.8 Å². The number of anilines is 1. The monoisotopic (exact) mass is 415 g/mol.